The molecule has 2 aliphatic rings. The van der Waals surface area contributed by atoms with Gasteiger partial charge >= 0.3 is 5.97 Å². The number of benzene rings is 2. The molecule has 1 amide bonds. The lowest BCUT2D eigenvalue weighted by Crippen LogP contribution is -2.53. The van der Waals surface area contributed by atoms with E-state index in [2.05, 4.69) is 22.6 Å². The highest BCUT2D eigenvalue weighted by Crippen LogP contribution is 2.19. The molecule has 9 heteroatoms. The van der Waals surface area contributed by atoms with Gasteiger partial charge in [-0.05, 0) is 17.5 Å². The number of piperazine rings is 1. The zero-order chi connectivity index (χ0) is 23.9. The summed E-state index contributed by atoms with van der Waals surface area (Å²) in [6.07, 6.45) is 1.23. The second-order valence-electron chi connectivity index (χ2n) is 8.53. The summed E-state index contributed by atoms with van der Waals surface area (Å²) in [5, 5.41) is 24.6. The van der Waals surface area contributed by atoms with E-state index in [9.17, 15) is 9.59 Å². The van der Waals surface area contributed by atoms with Gasteiger partial charge in [-0.2, -0.15) is 0 Å². The number of hydrogen-bond acceptors (Lipinski definition) is 6. The monoisotopic (exact) mass is 463 g/mol. The van der Waals surface area contributed by atoms with Gasteiger partial charge in [-0.25, -0.2) is 0 Å². The van der Waals surface area contributed by atoms with Crippen LogP contribution >= 0.6 is 0 Å². The second-order valence-corrected chi connectivity index (χ2v) is 8.53. The van der Waals surface area contributed by atoms with E-state index in [1.54, 1.807) is 9.80 Å². The first-order valence-electron chi connectivity index (χ1n) is 11.4. The molecule has 1 atom stereocenters. The van der Waals surface area contributed by atoms with Gasteiger partial charge in [0.15, 0.2) is 6.10 Å². The summed E-state index contributed by atoms with van der Waals surface area (Å²) in [5.41, 5.74) is 3.78. The Morgan fingerprint density at radius 1 is 1.15 bits per heavy atom. The van der Waals surface area contributed by atoms with Crippen molar-refractivity contribution in [3.8, 4) is 0 Å². The molecule has 4 rings (SSSR count). The van der Waals surface area contributed by atoms with Crippen LogP contribution in [0.25, 0.3) is 0 Å². The van der Waals surface area contributed by atoms with Crippen molar-refractivity contribution >= 4 is 23.4 Å². The van der Waals surface area contributed by atoms with Crippen molar-refractivity contribution in [3.05, 3.63) is 71.3 Å². The normalized spacial score (nSPS) is 18.4. The number of carboxylic acid groups (broad SMARTS) is 1. The average molecular weight is 464 g/mol. The topological polar surface area (TPSA) is 118 Å². The molecule has 2 heterocycles. The van der Waals surface area contributed by atoms with Gasteiger partial charge in [0.05, 0.1) is 25.3 Å². The predicted octanol–water partition coefficient (Wildman–Crippen LogP) is 1.57. The highest BCUT2D eigenvalue weighted by Gasteiger charge is 2.30. The average Bonchev–Trinajstić information content (AvgIpc) is 3.30. The Labute approximate surface area is 198 Å². The Kier molecular flexibility index (Phi) is 7.54. The minimum absolute atomic E-state index is 0.0906. The lowest BCUT2D eigenvalue weighted by Gasteiger charge is -2.34. The van der Waals surface area contributed by atoms with Crippen molar-refractivity contribution < 1.29 is 19.5 Å². The maximum Gasteiger partial charge on any atom is 0.317 e. The molecule has 3 N–H and O–H groups in total. The van der Waals surface area contributed by atoms with Crippen molar-refractivity contribution in [2.45, 2.75) is 18.9 Å². The van der Waals surface area contributed by atoms with Gasteiger partial charge in [0.2, 0.25) is 5.91 Å². The minimum Gasteiger partial charge on any atom is -0.480 e. The van der Waals surface area contributed by atoms with E-state index in [1.165, 1.54) is 5.56 Å². The summed E-state index contributed by atoms with van der Waals surface area (Å²) < 4.78 is 0. The van der Waals surface area contributed by atoms with Crippen molar-refractivity contribution in [1.82, 2.24) is 15.1 Å². The summed E-state index contributed by atoms with van der Waals surface area (Å²) in [5.74, 6) is -0.639. The van der Waals surface area contributed by atoms with E-state index in [1.807, 2.05) is 42.5 Å². The molecular weight excluding hydrogens is 434 g/mol. The maximum absolute atomic E-state index is 12.4. The van der Waals surface area contributed by atoms with Gasteiger partial charge in [-0.1, -0.05) is 59.8 Å². The molecule has 9 nitrogen and oxygen atoms in total. The Morgan fingerprint density at radius 3 is 2.62 bits per heavy atom. The zero-order valence-corrected chi connectivity index (χ0v) is 18.9. The highest BCUT2D eigenvalue weighted by atomic mass is 16.6. The number of carbonyl (C=O) groups excluding carboxylic acids is 1. The molecule has 1 saturated heterocycles. The van der Waals surface area contributed by atoms with Crippen LogP contribution in [-0.2, 0) is 20.8 Å². The summed E-state index contributed by atoms with van der Waals surface area (Å²) in [7, 11) is 0. The summed E-state index contributed by atoms with van der Waals surface area (Å²) in [6.45, 7) is 2.12. The number of amidine groups is 1. The Hall–Kier alpha value is -3.72. The maximum atomic E-state index is 12.4. The Bertz CT molecular complexity index is 1050. The number of carbonyl (C=O) groups is 2. The lowest BCUT2D eigenvalue weighted by molar-refractivity contribution is -0.143. The standard InChI is InChI=1S/C25H29N5O4/c26-25(27-11-10-18-4-2-1-3-5-18)20-8-6-19(7-9-20)22-14-21(34-28-22)15-30-13-12-29(16-23(30)31)17-24(32)33/h1-9,21H,10-17H2,(H2,26,27)(H,32,33). The third kappa shape index (κ3) is 6.20. The first kappa shape index (κ1) is 23.4. The minimum atomic E-state index is -0.928. The molecule has 2 aromatic carbocycles. The van der Waals surface area contributed by atoms with Crippen LogP contribution in [0.15, 0.2) is 59.8 Å². The van der Waals surface area contributed by atoms with Crippen LogP contribution in [0.1, 0.15) is 23.1 Å². The number of hydrogen-bond donors (Lipinski definition) is 3. The molecule has 0 spiro atoms. The number of aliphatic carboxylic acids is 1. The van der Waals surface area contributed by atoms with Crippen LogP contribution in [0.5, 0.6) is 0 Å². The molecule has 34 heavy (non-hydrogen) atoms. The fraction of sp³-hybridized carbons (Fsp3) is 0.360. The third-order valence-electron chi connectivity index (χ3n) is 5.98. The van der Waals surface area contributed by atoms with E-state index in [0.29, 0.717) is 38.4 Å². The van der Waals surface area contributed by atoms with E-state index >= 15 is 0 Å². The molecule has 0 saturated carbocycles. The SMILES string of the molecule is N=C(NCCc1ccccc1)c1ccc(C2=NOC(CN3CCN(CC(=O)O)CC3=O)C2)cc1. The van der Waals surface area contributed by atoms with Gasteiger partial charge in [0.1, 0.15) is 5.84 Å². The summed E-state index contributed by atoms with van der Waals surface area (Å²) >= 11 is 0. The Balaban J connectivity index is 1.23. The predicted molar refractivity (Wildman–Crippen MR) is 128 cm³/mol. The second kappa shape index (κ2) is 10.9. The van der Waals surface area contributed by atoms with Crippen molar-refractivity contribution in [2.24, 2.45) is 5.16 Å². The van der Waals surface area contributed by atoms with Crippen molar-refractivity contribution in [1.29, 1.82) is 5.41 Å². The molecule has 2 aromatic rings. The summed E-state index contributed by atoms with van der Waals surface area (Å²) in [6, 6.07) is 17.8. The highest BCUT2D eigenvalue weighted by molar-refractivity contribution is 6.03. The molecular formula is C25H29N5O4. The smallest absolute Gasteiger partial charge is 0.317 e. The first-order chi connectivity index (χ1) is 16.5. The fourth-order valence-electron chi connectivity index (χ4n) is 4.13. The number of amides is 1. The van der Waals surface area contributed by atoms with Gasteiger partial charge in [0, 0.05) is 31.6 Å². The molecule has 1 unspecified atom stereocenters. The molecule has 0 aliphatic carbocycles. The number of nitrogens with zero attached hydrogens (tertiary/aromatic N) is 3. The van der Waals surface area contributed by atoms with Crippen LogP contribution in [0.4, 0.5) is 0 Å². The van der Waals surface area contributed by atoms with Crippen LogP contribution in [-0.4, -0.2) is 83.7 Å². The molecule has 0 bridgehead atoms. The number of carboxylic acids is 1. The van der Waals surface area contributed by atoms with Gasteiger partial charge in [-0.15, -0.1) is 0 Å². The number of rotatable bonds is 9. The fourth-order valence-corrected chi connectivity index (χ4v) is 4.13. The molecule has 1 fully saturated rings. The largest absolute Gasteiger partial charge is 0.480 e. The van der Waals surface area contributed by atoms with Gasteiger partial charge < -0.3 is 20.2 Å². The quantitative estimate of drug-likeness (QED) is 0.384. The zero-order valence-electron chi connectivity index (χ0n) is 18.9. The molecule has 2 aliphatic heterocycles. The molecule has 0 aromatic heterocycles. The first-order valence-corrected chi connectivity index (χ1v) is 11.4. The third-order valence-corrected chi connectivity index (χ3v) is 5.98. The van der Waals surface area contributed by atoms with Crippen LogP contribution in [0.2, 0.25) is 0 Å². The van der Waals surface area contributed by atoms with E-state index < -0.39 is 5.97 Å². The van der Waals surface area contributed by atoms with Crippen LogP contribution in [0.3, 0.4) is 0 Å². The Morgan fingerprint density at radius 2 is 1.91 bits per heavy atom. The van der Waals surface area contributed by atoms with Gasteiger partial charge in [-0.3, -0.25) is 19.9 Å². The lowest BCUT2D eigenvalue weighted by atomic mass is 10.0. The van der Waals surface area contributed by atoms with Crippen LogP contribution in [0, 0.1) is 5.41 Å². The van der Waals surface area contributed by atoms with E-state index in [0.717, 1.165) is 23.3 Å². The molecule has 178 valence electrons. The van der Waals surface area contributed by atoms with Crippen molar-refractivity contribution in [2.75, 3.05) is 39.3 Å². The summed E-state index contributed by atoms with van der Waals surface area (Å²) in [4.78, 5) is 32.1. The van der Waals surface area contributed by atoms with Crippen LogP contribution < -0.4 is 5.32 Å². The number of nitrogens with one attached hydrogen (secondary N) is 2. The number of oxime groups is 1. The van der Waals surface area contributed by atoms with E-state index in [-0.39, 0.29) is 25.1 Å². The molecule has 0 radical (unpaired) electrons. The van der Waals surface area contributed by atoms with E-state index in [4.69, 9.17) is 15.4 Å². The van der Waals surface area contributed by atoms with Gasteiger partial charge in [0.25, 0.3) is 0 Å². The van der Waals surface area contributed by atoms with Crippen molar-refractivity contribution in [3.63, 3.8) is 0 Å².